The van der Waals surface area contributed by atoms with Gasteiger partial charge in [0, 0.05) is 45.0 Å². The van der Waals surface area contributed by atoms with Crippen molar-refractivity contribution in [3.63, 3.8) is 0 Å². The number of nitrogens with zero attached hydrogens (tertiary/aromatic N) is 4. The highest BCUT2D eigenvalue weighted by atomic mass is 32.1. The summed E-state index contributed by atoms with van der Waals surface area (Å²) < 4.78 is 23.4. The van der Waals surface area contributed by atoms with E-state index < -0.39 is 11.9 Å². The van der Waals surface area contributed by atoms with Crippen molar-refractivity contribution >= 4 is 35.3 Å². The fraction of sp³-hybridized carbons (Fsp3) is 0.441. The zero-order chi connectivity index (χ0) is 34.0. The molecule has 1 aliphatic rings. The van der Waals surface area contributed by atoms with Gasteiger partial charge in [-0.05, 0) is 53.9 Å². The summed E-state index contributed by atoms with van der Waals surface area (Å²) in [7, 11) is 0. The van der Waals surface area contributed by atoms with Crippen LogP contribution in [0.5, 0.6) is 0 Å². The van der Waals surface area contributed by atoms with Gasteiger partial charge in [-0.2, -0.15) is 0 Å². The Labute approximate surface area is 285 Å². The van der Waals surface area contributed by atoms with Gasteiger partial charge in [-0.25, -0.2) is 19.6 Å². The van der Waals surface area contributed by atoms with E-state index in [0.29, 0.717) is 110 Å². The monoisotopic (exact) mass is 681 g/mol. The molecule has 1 saturated heterocycles. The molecular weight excluding hydrogens is 638 g/mol. The number of carboxylic acids is 2. The van der Waals surface area contributed by atoms with Crippen molar-refractivity contribution in [1.29, 1.82) is 0 Å². The minimum absolute atomic E-state index is 0.00768. The summed E-state index contributed by atoms with van der Waals surface area (Å²) in [5, 5.41) is 22.0. The number of thiocarbonyl (C=S) groups is 1. The van der Waals surface area contributed by atoms with Gasteiger partial charge in [0.15, 0.2) is 0 Å². The Hall–Kier alpha value is -3.89. The maximum Gasteiger partial charge on any atom is 0.354 e. The van der Waals surface area contributed by atoms with Crippen LogP contribution >= 0.6 is 12.2 Å². The van der Waals surface area contributed by atoms with Crippen LogP contribution in [0.1, 0.15) is 43.5 Å². The quantitative estimate of drug-likeness (QED) is 0.268. The summed E-state index contributed by atoms with van der Waals surface area (Å²) in [6.07, 6.45) is 0.562. The third kappa shape index (κ3) is 13.3. The second kappa shape index (κ2) is 20.5. The maximum atomic E-state index is 11.9. The summed E-state index contributed by atoms with van der Waals surface area (Å²) in [5.74, 6) is -2.13. The van der Waals surface area contributed by atoms with Crippen molar-refractivity contribution < 1.29 is 38.7 Å². The maximum absolute atomic E-state index is 11.9. The molecule has 1 aliphatic heterocycles. The van der Waals surface area contributed by atoms with Gasteiger partial charge >= 0.3 is 11.9 Å². The highest BCUT2D eigenvalue weighted by Gasteiger charge is 2.14. The Morgan fingerprint density at radius 2 is 1.21 bits per heavy atom. The molecule has 0 saturated carbocycles. The van der Waals surface area contributed by atoms with E-state index in [-0.39, 0.29) is 11.4 Å². The van der Waals surface area contributed by atoms with Crippen molar-refractivity contribution in [2.75, 3.05) is 84.4 Å². The molecule has 0 unspecified atom stereocenters. The van der Waals surface area contributed by atoms with E-state index in [2.05, 4.69) is 25.1 Å². The largest absolute Gasteiger partial charge is 0.477 e. The SMILES string of the molecule is O=C(O)c1cccc(CN2CCOCCOCCN(Cc3cc(Cc4ccc(NC=S)cc4)cc(C(=O)O)n3)CCOCCOCC2)n1. The van der Waals surface area contributed by atoms with Gasteiger partial charge < -0.3 is 34.5 Å². The van der Waals surface area contributed by atoms with Gasteiger partial charge in [0.2, 0.25) is 0 Å². The molecule has 3 N–H and O–H groups in total. The summed E-state index contributed by atoms with van der Waals surface area (Å²) >= 11 is 4.85. The zero-order valence-corrected chi connectivity index (χ0v) is 27.7. The van der Waals surface area contributed by atoms with Gasteiger partial charge in [0.1, 0.15) is 11.4 Å². The van der Waals surface area contributed by atoms with Crippen molar-refractivity contribution in [1.82, 2.24) is 19.8 Å². The standard InChI is InChI=1S/C34H43N5O8S/c40-33(41)31-3-1-2-29(36-31)23-38-8-12-44-16-18-46-14-10-39(11-15-47-19-17-45-13-9-38)24-30-21-27(22-32(37-30)34(42)43)20-26-4-6-28(7-5-26)35-25-48/h1-7,21-22,25H,8-20,23-24H2,(H,35,48)(H,40,41)(H,42,43). The molecule has 258 valence electrons. The van der Waals surface area contributed by atoms with Crippen molar-refractivity contribution in [2.24, 2.45) is 0 Å². The Bertz CT molecular complexity index is 1440. The summed E-state index contributed by atoms with van der Waals surface area (Å²) in [5.41, 5.74) is 5.59. The average Bonchev–Trinajstić information content (AvgIpc) is 3.07. The van der Waals surface area contributed by atoms with E-state index in [1.807, 2.05) is 36.4 Å². The normalized spacial score (nSPS) is 16.8. The predicted molar refractivity (Wildman–Crippen MR) is 183 cm³/mol. The summed E-state index contributed by atoms with van der Waals surface area (Å²) in [6, 6.07) is 16.4. The Balaban J connectivity index is 1.31. The first-order valence-electron chi connectivity index (χ1n) is 15.9. The molecule has 0 radical (unpaired) electrons. The molecule has 2 aromatic heterocycles. The molecule has 0 bridgehead atoms. The lowest BCUT2D eigenvalue weighted by Crippen LogP contribution is -2.33. The number of hydrogen-bond donors (Lipinski definition) is 3. The predicted octanol–water partition coefficient (Wildman–Crippen LogP) is 3.22. The number of benzene rings is 1. The number of aromatic carboxylic acids is 2. The Morgan fingerprint density at radius 3 is 1.73 bits per heavy atom. The Kier molecular flexibility index (Phi) is 15.8. The van der Waals surface area contributed by atoms with Crippen LogP contribution in [0.15, 0.2) is 54.6 Å². The van der Waals surface area contributed by atoms with Crippen molar-refractivity contribution in [3.8, 4) is 0 Å². The van der Waals surface area contributed by atoms with Crippen LogP contribution in [0.25, 0.3) is 0 Å². The number of hydrogen-bond acceptors (Lipinski definition) is 11. The fourth-order valence-corrected chi connectivity index (χ4v) is 5.21. The molecule has 0 spiro atoms. The van der Waals surface area contributed by atoms with Gasteiger partial charge in [0.25, 0.3) is 0 Å². The third-order valence-electron chi connectivity index (χ3n) is 7.49. The molecule has 0 atom stereocenters. The van der Waals surface area contributed by atoms with Gasteiger partial charge in [-0.15, -0.1) is 0 Å². The number of carboxylic acid groups (broad SMARTS) is 2. The van der Waals surface area contributed by atoms with E-state index in [4.69, 9.17) is 31.2 Å². The summed E-state index contributed by atoms with van der Waals surface area (Å²) in [6.45, 7) is 6.89. The first-order valence-corrected chi connectivity index (χ1v) is 16.3. The number of ether oxygens (including phenoxy) is 4. The molecule has 4 rings (SSSR count). The average molecular weight is 682 g/mol. The van der Waals surface area contributed by atoms with Crippen molar-refractivity contribution in [3.05, 3.63) is 88.5 Å². The fourth-order valence-electron chi connectivity index (χ4n) is 5.07. The van der Waals surface area contributed by atoms with Crippen LogP contribution in [-0.2, 0) is 38.5 Å². The second-order valence-corrected chi connectivity index (χ2v) is 11.3. The molecule has 0 aliphatic carbocycles. The minimum atomic E-state index is -1.07. The van der Waals surface area contributed by atoms with Crippen LogP contribution in [0.4, 0.5) is 5.69 Å². The van der Waals surface area contributed by atoms with Gasteiger partial charge in [0.05, 0.1) is 69.7 Å². The van der Waals surface area contributed by atoms with Gasteiger partial charge in [-0.3, -0.25) is 9.80 Å². The number of nitrogens with one attached hydrogen (secondary N) is 1. The van der Waals surface area contributed by atoms with Crippen molar-refractivity contribution in [2.45, 2.75) is 19.5 Å². The number of aromatic nitrogens is 2. The van der Waals surface area contributed by atoms with Crippen LogP contribution in [0, 0.1) is 0 Å². The molecule has 1 fully saturated rings. The smallest absolute Gasteiger partial charge is 0.354 e. The van der Waals surface area contributed by atoms with Crippen LogP contribution in [0.3, 0.4) is 0 Å². The van der Waals surface area contributed by atoms with E-state index >= 15 is 0 Å². The molecular formula is C34H43N5O8S. The first kappa shape index (κ1) is 36.9. The molecule has 13 nitrogen and oxygen atoms in total. The minimum Gasteiger partial charge on any atom is -0.477 e. The van der Waals surface area contributed by atoms with E-state index in [9.17, 15) is 19.8 Å². The molecule has 48 heavy (non-hydrogen) atoms. The molecule has 1 aromatic carbocycles. The zero-order valence-electron chi connectivity index (χ0n) is 26.9. The van der Waals surface area contributed by atoms with E-state index in [1.54, 1.807) is 12.1 Å². The Morgan fingerprint density at radius 1 is 0.688 bits per heavy atom. The molecule has 3 heterocycles. The third-order valence-corrected chi connectivity index (χ3v) is 7.61. The number of pyridine rings is 2. The first-order chi connectivity index (χ1) is 23.4. The topological polar surface area (TPSA) is 156 Å². The van der Waals surface area contributed by atoms with E-state index in [1.165, 1.54) is 11.6 Å². The highest BCUT2D eigenvalue weighted by Crippen LogP contribution is 2.16. The molecule has 14 heteroatoms. The second-order valence-electron chi connectivity index (χ2n) is 11.1. The lowest BCUT2D eigenvalue weighted by Gasteiger charge is -2.23. The van der Waals surface area contributed by atoms with Crippen LogP contribution < -0.4 is 5.32 Å². The van der Waals surface area contributed by atoms with Gasteiger partial charge in [-0.1, -0.05) is 30.4 Å². The number of carbonyl (C=O) groups is 2. The number of rotatable bonds is 10. The van der Waals surface area contributed by atoms with Crippen LogP contribution in [-0.4, -0.2) is 126 Å². The van der Waals surface area contributed by atoms with E-state index in [0.717, 1.165) is 16.8 Å². The number of anilines is 1. The molecule has 3 aromatic rings. The molecule has 0 amide bonds. The van der Waals surface area contributed by atoms with Crippen LogP contribution in [0.2, 0.25) is 0 Å². The summed E-state index contributed by atoms with van der Waals surface area (Å²) in [4.78, 5) is 36.2. The lowest BCUT2D eigenvalue weighted by molar-refractivity contribution is 0.00597. The lowest BCUT2D eigenvalue weighted by atomic mass is 10.0. The highest BCUT2D eigenvalue weighted by molar-refractivity contribution is 7.79.